The van der Waals surface area contributed by atoms with Crippen LogP contribution in [-0.2, 0) is 11.3 Å². The lowest BCUT2D eigenvalue weighted by Crippen LogP contribution is -2.29. The van der Waals surface area contributed by atoms with Gasteiger partial charge in [-0.2, -0.15) is 5.10 Å². The maximum absolute atomic E-state index is 12.2. The molecule has 0 aliphatic rings. The van der Waals surface area contributed by atoms with Gasteiger partial charge in [-0.25, -0.2) is 9.48 Å². The maximum atomic E-state index is 12.2. The first kappa shape index (κ1) is 14.5. The van der Waals surface area contributed by atoms with E-state index in [0.29, 0.717) is 12.2 Å². The molecule has 6 heteroatoms. The van der Waals surface area contributed by atoms with Crippen LogP contribution in [0, 0.1) is 0 Å². The highest BCUT2D eigenvalue weighted by Gasteiger charge is 2.17. The van der Waals surface area contributed by atoms with Crippen LogP contribution in [0.1, 0.15) is 30.6 Å². The number of hydrogen-bond acceptors (Lipinski definition) is 5. The van der Waals surface area contributed by atoms with Crippen LogP contribution in [0.3, 0.4) is 0 Å². The van der Waals surface area contributed by atoms with Crippen molar-refractivity contribution in [3.05, 3.63) is 39.5 Å². The Morgan fingerprint density at radius 2 is 2.25 bits per heavy atom. The van der Waals surface area contributed by atoms with Crippen molar-refractivity contribution in [1.29, 1.82) is 0 Å². The number of rotatable bonds is 5. The Morgan fingerprint density at radius 3 is 2.85 bits per heavy atom. The normalized spacial score (nSPS) is 10.5. The van der Waals surface area contributed by atoms with Gasteiger partial charge >= 0.3 is 5.97 Å². The van der Waals surface area contributed by atoms with Crippen molar-refractivity contribution in [3.8, 4) is 10.6 Å². The first-order chi connectivity index (χ1) is 9.67. The number of carbonyl (C=O) groups excluding carboxylic acids is 1. The molecular weight excluding hydrogens is 276 g/mol. The summed E-state index contributed by atoms with van der Waals surface area (Å²) in [6.45, 7) is 4.38. The van der Waals surface area contributed by atoms with Crippen LogP contribution < -0.4 is 5.56 Å². The summed E-state index contributed by atoms with van der Waals surface area (Å²) in [6, 6.07) is 5.32. The Balaban J connectivity index is 2.55. The van der Waals surface area contributed by atoms with E-state index in [1.807, 2.05) is 24.4 Å². The minimum atomic E-state index is -0.595. The van der Waals surface area contributed by atoms with Gasteiger partial charge in [0.2, 0.25) is 0 Å². The third-order valence-corrected chi connectivity index (χ3v) is 3.57. The van der Waals surface area contributed by atoms with Crippen molar-refractivity contribution in [2.24, 2.45) is 0 Å². The van der Waals surface area contributed by atoms with Crippen molar-refractivity contribution >= 4 is 17.3 Å². The number of aryl methyl sites for hydroxylation is 1. The van der Waals surface area contributed by atoms with E-state index in [2.05, 4.69) is 5.10 Å². The van der Waals surface area contributed by atoms with Gasteiger partial charge in [-0.1, -0.05) is 13.0 Å². The second-order valence-corrected chi connectivity index (χ2v) is 5.12. The summed E-state index contributed by atoms with van der Waals surface area (Å²) < 4.78 is 6.27. The van der Waals surface area contributed by atoms with Crippen LogP contribution in [0.5, 0.6) is 0 Å². The molecule has 20 heavy (non-hydrogen) atoms. The summed E-state index contributed by atoms with van der Waals surface area (Å²) in [7, 11) is 0. The quantitative estimate of drug-likeness (QED) is 0.795. The average Bonchev–Trinajstić information content (AvgIpc) is 2.95. The van der Waals surface area contributed by atoms with Crippen LogP contribution in [-0.4, -0.2) is 22.4 Å². The molecule has 0 saturated carbocycles. The monoisotopic (exact) mass is 292 g/mol. The molecule has 106 valence electrons. The van der Waals surface area contributed by atoms with E-state index in [1.165, 1.54) is 22.1 Å². The van der Waals surface area contributed by atoms with Gasteiger partial charge in [-0.15, -0.1) is 11.3 Å². The van der Waals surface area contributed by atoms with Gasteiger partial charge in [0, 0.05) is 6.54 Å². The molecule has 0 radical (unpaired) electrons. The fourth-order valence-electron chi connectivity index (χ4n) is 1.80. The van der Waals surface area contributed by atoms with Gasteiger partial charge in [-0.3, -0.25) is 4.79 Å². The third kappa shape index (κ3) is 2.96. The molecular formula is C14H16N2O3S. The number of nitrogens with zero attached hydrogens (tertiary/aromatic N) is 2. The van der Waals surface area contributed by atoms with Crippen molar-refractivity contribution in [1.82, 2.24) is 9.78 Å². The average molecular weight is 292 g/mol. The van der Waals surface area contributed by atoms with Crippen LogP contribution >= 0.6 is 11.3 Å². The molecule has 0 unspecified atom stereocenters. The maximum Gasteiger partial charge on any atom is 0.343 e. The molecule has 0 atom stereocenters. The van der Waals surface area contributed by atoms with E-state index in [0.717, 1.165) is 11.3 Å². The molecule has 0 fully saturated rings. The zero-order valence-electron chi connectivity index (χ0n) is 11.5. The number of thiophene rings is 1. The van der Waals surface area contributed by atoms with Crippen molar-refractivity contribution in [2.75, 3.05) is 6.61 Å². The second kappa shape index (κ2) is 6.47. The van der Waals surface area contributed by atoms with Gasteiger partial charge in [0.25, 0.3) is 5.56 Å². The first-order valence-corrected chi connectivity index (χ1v) is 7.38. The lowest BCUT2D eigenvalue weighted by atomic mass is 10.2. The minimum Gasteiger partial charge on any atom is -0.462 e. The molecule has 2 aromatic rings. The molecule has 0 spiro atoms. The Morgan fingerprint density at radius 1 is 1.45 bits per heavy atom. The van der Waals surface area contributed by atoms with E-state index in [4.69, 9.17) is 4.74 Å². The van der Waals surface area contributed by atoms with Crippen LogP contribution in [0.15, 0.2) is 28.4 Å². The SMILES string of the molecule is CCCn1nc(-c2cccs2)cc(C(=O)OCC)c1=O. The molecule has 2 rings (SSSR count). The van der Waals surface area contributed by atoms with Crippen LogP contribution in [0.4, 0.5) is 0 Å². The van der Waals surface area contributed by atoms with Gasteiger partial charge in [-0.05, 0) is 30.9 Å². The van der Waals surface area contributed by atoms with Crippen LogP contribution in [0.25, 0.3) is 10.6 Å². The lowest BCUT2D eigenvalue weighted by Gasteiger charge is -2.08. The number of hydrogen-bond donors (Lipinski definition) is 0. The van der Waals surface area contributed by atoms with E-state index < -0.39 is 11.5 Å². The van der Waals surface area contributed by atoms with Gasteiger partial charge < -0.3 is 4.74 Å². The van der Waals surface area contributed by atoms with Crippen molar-refractivity contribution in [2.45, 2.75) is 26.8 Å². The Bertz CT molecular complexity index is 647. The summed E-state index contributed by atoms with van der Waals surface area (Å²) in [4.78, 5) is 25.0. The van der Waals surface area contributed by atoms with Gasteiger partial charge in [0.1, 0.15) is 11.3 Å². The summed E-state index contributed by atoms with van der Waals surface area (Å²) in [6.07, 6.45) is 0.767. The van der Waals surface area contributed by atoms with Crippen molar-refractivity contribution in [3.63, 3.8) is 0 Å². The third-order valence-electron chi connectivity index (χ3n) is 2.68. The molecule has 0 N–H and O–H groups in total. The Labute approximate surface area is 120 Å². The van der Waals surface area contributed by atoms with Gasteiger partial charge in [0.05, 0.1) is 11.5 Å². The molecule has 0 bridgehead atoms. The second-order valence-electron chi connectivity index (χ2n) is 4.17. The van der Waals surface area contributed by atoms with E-state index in [1.54, 1.807) is 6.92 Å². The standard InChI is InChI=1S/C14H16N2O3S/c1-3-7-16-13(17)10(14(18)19-4-2)9-11(15-16)12-6-5-8-20-12/h5-6,8-9H,3-4,7H2,1-2H3. The highest BCUT2D eigenvalue weighted by molar-refractivity contribution is 7.13. The van der Waals surface area contributed by atoms with Gasteiger partial charge in [0.15, 0.2) is 0 Å². The Hall–Kier alpha value is -1.95. The summed E-state index contributed by atoms with van der Waals surface area (Å²) in [5.74, 6) is -0.595. The summed E-state index contributed by atoms with van der Waals surface area (Å²) in [5, 5.41) is 6.24. The fourth-order valence-corrected chi connectivity index (χ4v) is 2.49. The molecule has 2 heterocycles. The van der Waals surface area contributed by atoms with E-state index >= 15 is 0 Å². The van der Waals surface area contributed by atoms with E-state index in [9.17, 15) is 9.59 Å². The summed E-state index contributed by atoms with van der Waals surface area (Å²) in [5.41, 5.74) is 0.264. The minimum absolute atomic E-state index is 0.0405. The number of ether oxygens (including phenoxy) is 1. The highest BCUT2D eigenvalue weighted by Crippen LogP contribution is 2.22. The highest BCUT2D eigenvalue weighted by atomic mass is 32.1. The number of aromatic nitrogens is 2. The Kier molecular flexibility index (Phi) is 4.68. The fraction of sp³-hybridized carbons (Fsp3) is 0.357. The summed E-state index contributed by atoms with van der Waals surface area (Å²) >= 11 is 1.51. The first-order valence-electron chi connectivity index (χ1n) is 6.50. The zero-order valence-corrected chi connectivity index (χ0v) is 12.3. The molecule has 0 amide bonds. The molecule has 2 aromatic heterocycles. The predicted molar refractivity (Wildman–Crippen MR) is 78.1 cm³/mol. The number of carbonyl (C=O) groups is 1. The zero-order chi connectivity index (χ0) is 14.5. The molecule has 0 saturated heterocycles. The molecule has 5 nitrogen and oxygen atoms in total. The van der Waals surface area contributed by atoms with E-state index in [-0.39, 0.29) is 12.2 Å². The molecule has 0 aromatic carbocycles. The smallest absolute Gasteiger partial charge is 0.343 e. The number of esters is 1. The lowest BCUT2D eigenvalue weighted by molar-refractivity contribution is 0.0523. The predicted octanol–water partition coefficient (Wildman–Crippen LogP) is 2.56. The topological polar surface area (TPSA) is 61.2 Å². The van der Waals surface area contributed by atoms with Crippen molar-refractivity contribution < 1.29 is 9.53 Å². The molecule has 0 aliphatic carbocycles. The molecule has 0 aliphatic heterocycles. The van der Waals surface area contributed by atoms with Crippen LogP contribution in [0.2, 0.25) is 0 Å². The largest absolute Gasteiger partial charge is 0.462 e.